The lowest BCUT2D eigenvalue weighted by Crippen LogP contribution is -2.11. The Morgan fingerprint density at radius 3 is 2.40 bits per heavy atom. The summed E-state index contributed by atoms with van der Waals surface area (Å²) in [6.45, 7) is 1.07. The normalized spacial score (nSPS) is 10.4. The van der Waals surface area contributed by atoms with Crippen LogP contribution in [0.1, 0.15) is 0 Å². The topological polar surface area (TPSA) is 21.3 Å². The third-order valence-electron chi connectivity index (χ3n) is 2.47. The summed E-state index contributed by atoms with van der Waals surface area (Å²) < 4.78 is 6.60. The number of anilines is 1. The molecule has 2 rings (SSSR count). The highest BCUT2D eigenvalue weighted by Crippen LogP contribution is 2.35. The quantitative estimate of drug-likeness (QED) is 0.637. The number of hydrogen-bond acceptors (Lipinski definition) is 2. The SMILES string of the molecule is Clc1cc(Cl)c(OCCNc2cccc(Br)c2)c(Cl)c1. The first-order valence-corrected chi connectivity index (χ1v) is 7.76. The summed E-state index contributed by atoms with van der Waals surface area (Å²) >= 11 is 21.3. The highest BCUT2D eigenvalue weighted by molar-refractivity contribution is 9.10. The molecule has 0 radical (unpaired) electrons. The first-order valence-electron chi connectivity index (χ1n) is 5.83. The summed E-state index contributed by atoms with van der Waals surface area (Å²) in [6.07, 6.45) is 0. The van der Waals surface area contributed by atoms with E-state index in [2.05, 4.69) is 21.2 Å². The maximum absolute atomic E-state index is 6.03. The van der Waals surface area contributed by atoms with Crippen LogP contribution < -0.4 is 10.1 Å². The molecular weight excluding hydrogens is 384 g/mol. The largest absolute Gasteiger partial charge is 0.489 e. The van der Waals surface area contributed by atoms with Crippen molar-refractivity contribution in [2.24, 2.45) is 0 Å². The van der Waals surface area contributed by atoms with Crippen molar-refractivity contribution in [3.63, 3.8) is 0 Å². The summed E-state index contributed by atoms with van der Waals surface area (Å²) in [5.74, 6) is 0.453. The Labute approximate surface area is 141 Å². The second kappa shape index (κ2) is 7.41. The van der Waals surface area contributed by atoms with E-state index in [1.165, 1.54) is 0 Å². The molecule has 2 nitrogen and oxygen atoms in total. The number of ether oxygens (including phenoxy) is 1. The van der Waals surface area contributed by atoms with Crippen LogP contribution in [0, 0.1) is 0 Å². The zero-order valence-corrected chi connectivity index (χ0v) is 14.2. The molecule has 0 amide bonds. The van der Waals surface area contributed by atoms with Crippen molar-refractivity contribution in [3.8, 4) is 5.75 Å². The van der Waals surface area contributed by atoms with Crippen LogP contribution in [-0.4, -0.2) is 13.2 Å². The highest BCUT2D eigenvalue weighted by atomic mass is 79.9. The van der Waals surface area contributed by atoms with Crippen LogP contribution in [-0.2, 0) is 0 Å². The van der Waals surface area contributed by atoms with Gasteiger partial charge in [-0.15, -0.1) is 0 Å². The Balaban J connectivity index is 1.88. The van der Waals surface area contributed by atoms with Crippen LogP contribution in [0.15, 0.2) is 40.9 Å². The van der Waals surface area contributed by atoms with Crippen molar-refractivity contribution in [3.05, 3.63) is 55.9 Å². The third kappa shape index (κ3) is 4.45. The predicted octanol–water partition coefficient (Wildman–Crippen LogP) is 5.90. The van der Waals surface area contributed by atoms with Gasteiger partial charge in [0.1, 0.15) is 6.61 Å². The van der Waals surface area contributed by atoms with Gasteiger partial charge in [-0.3, -0.25) is 0 Å². The third-order valence-corrected chi connectivity index (χ3v) is 3.74. The second-order valence-electron chi connectivity index (χ2n) is 3.98. The maximum Gasteiger partial charge on any atom is 0.156 e. The molecular formula is C14H11BrCl3NO. The summed E-state index contributed by atoms with van der Waals surface area (Å²) in [6, 6.07) is 11.1. The minimum absolute atomic E-state index is 0.407. The van der Waals surface area contributed by atoms with Gasteiger partial charge in [0.2, 0.25) is 0 Å². The molecule has 2 aromatic rings. The van der Waals surface area contributed by atoms with Crippen molar-refractivity contribution < 1.29 is 4.74 Å². The Kier molecular flexibility index (Phi) is 5.85. The monoisotopic (exact) mass is 393 g/mol. The summed E-state index contributed by atoms with van der Waals surface area (Å²) in [7, 11) is 0. The molecule has 6 heteroatoms. The zero-order chi connectivity index (χ0) is 14.5. The fourth-order valence-corrected chi connectivity index (χ4v) is 2.94. The number of benzene rings is 2. The molecule has 0 aliphatic carbocycles. The number of nitrogens with one attached hydrogen (secondary N) is 1. The van der Waals surface area contributed by atoms with Crippen LogP contribution >= 0.6 is 50.7 Å². The maximum atomic E-state index is 6.03. The van der Waals surface area contributed by atoms with E-state index in [1.54, 1.807) is 12.1 Å². The van der Waals surface area contributed by atoms with Crippen LogP contribution in [0.3, 0.4) is 0 Å². The zero-order valence-electron chi connectivity index (χ0n) is 10.3. The molecule has 0 aliphatic rings. The molecule has 0 heterocycles. The molecule has 0 bridgehead atoms. The summed E-state index contributed by atoms with van der Waals surface area (Å²) in [5, 5.41) is 4.54. The fourth-order valence-electron chi connectivity index (χ4n) is 1.61. The van der Waals surface area contributed by atoms with Gasteiger partial charge < -0.3 is 10.1 Å². The van der Waals surface area contributed by atoms with Crippen molar-refractivity contribution in [2.45, 2.75) is 0 Å². The minimum atomic E-state index is 0.407. The van der Waals surface area contributed by atoms with Crippen LogP contribution in [0.2, 0.25) is 15.1 Å². The van der Waals surface area contributed by atoms with E-state index in [0.29, 0.717) is 34.0 Å². The molecule has 20 heavy (non-hydrogen) atoms. The predicted molar refractivity (Wildman–Crippen MR) is 89.6 cm³/mol. The van der Waals surface area contributed by atoms with Crippen molar-refractivity contribution in [1.29, 1.82) is 0 Å². The van der Waals surface area contributed by atoms with Gasteiger partial charge in [0.05, 0.1) is 10.0 Å². The number of hydrogen-bond donors (Lipinski definition) is 1. The highest BCUT2D eigenvalue weighted by Gasteiger charge is 2.08. The van der Waals surface area contributed by atoms with Gasteiger partial charge in [0.15, 0.2) is 5.75 Å². The molecule has 0 atom stereocenters. The Hall–Kier alpha value is -0.610. The van der Waals surface area contributed by atoms with Gasteiger partial charge in [-0.2, -0.15) is 0 Å². The summed E-state index contributed by atoms with van der Waals surface area (Å²) in [4.78, 5) is 0. The molecule has 0 aromatic heterocycles. The fraction of sp³-hybridized carbons (Fsp3) is 0.143. The van der Waals surface area contributed by atoms with Crippen LogP contribution in [0.5, 0.6) is 5.75 Å². The van der Waals surface area contributed by atoms with E-state index in [0.717, 1.165) is 10.2 Å². The molecule has 0 saturated heterocycles. The molecule has 0 unspecified atom stereocenters. The average Bonchev–Trinajstić information content (AvgIpc) is 2.36. The van der Waals surface area contributed by atoms with Crippen LogP contribution in [0.25, 0.3) is 0 Å². The van der Waals surface area contributed by atoms with Crippen LogP contribution in [0.4, 0.5) is 5.69 Å². The van der Waals surface area contributed by atoms with Gasteiger partial charge in [-0.25, -0.2) is 0 Å². The number of rotatable bonds is 5. The lowest BCUT2D eigenvalue weighted by molar-refractivity contribution is 0.333. The second-order valence-corrected chi connectivity index (χ2v) is 6.15. The smallest absolute Gasteiger partial charge is 0.156 e. The van der Waals surface area contributed by atoms with Gasteiger partial charge in [-0.05, 0) is 30.3 Å². The van der Waals surface area contributed by atoms with Gasteiger partial charge in [0, 0.05) is 21.7 Å². The Morgan fingerprint density at radius 2 is 1.75 bits per heavy atom. The first kappa shape index (κ1) is 15.8. The van der Waals surface area contributed by atoms with Crippen molar-refractivity contribution in [1.82, 2.24) is 0 Å². The molecule has 2 aromatic carbocycles. The van der Waals surface area contributed by atoms with E-state index in [-0.39, 0.29) is 0 Å². The molecule has 0 saturated carbocycles. The molecule has 1 N–H and O–H groups in total. The minimum Gasteiger partial charge on any atom is -0.489 e. The lowest BCUT2D eigenvalue weighted by atomic mass is 10.3. The molecule has 0 spiro atoms. The lowest BCUT2D eigenvalue weighted by Gasteiger charge is -2.11. The van der Waals surface area contributed by atoms with Crippen molar-refractivity contribution >= 4 is 56.4 Å². The average molecular weight is 396 g/mol. The van der Waals surface area contributed by atoms with E-state index in [1.807, 2.05) is 24.3 Å². The first-order chi connectivity index (χ1) is 9.56. The summed E-state index contributed by atoms with van der Waals surface area (Å²) in [5.41, 5.74) is 1.01. The van der Waals surface area contributed by atoms with E-state index in [4.69, 9.17) is 39.5 Å². The van der Waals surface area contributed by atoms with Gasteiger partial charge in [-0.1, -0.05) is 56.8 Å². The van der Waals surface area contributed by atoms with E-state index < -0.39 is 0 Å². The Bertz CT molecular complexity index is 584. The Morgan fingerprint density at radius 1 is 1.05 bits per heavy atom. The molecule has 0 aliphatic heterocycles. The molecule has 0 fully saturated rings. The van der Waals surface area contributed by atoms with E-state index >= 15 is 0 Å². The van der Waals surface area contributed by atoms with Gasteiger partial charge in [0.25, 0.3) is 0 Å². The van der Waals surface area contributed by atoms with Gasteiger partial charge >= 0.3 is 0 Å². The van der Waals surface area contributed by atoms with E-state index in [9.17, 15) is 0 Å². The van der Waals surface area contributed by atoms with Crippen molar-refractivity contribution in [2.75, 3.05) is 18.5 Å². The number of halogens is 4. The molecule has 106 valence electrons. The standard InChI is InChI=1S/C14H11BrCl3NO/c15-9-2-1-3-11(6-9)19-4-5-20-14-12(17)7-10(16)8-13(14)18/h1-3,6-8,19H,4-5H2.